The molecule has 14 aromatic carbocycles. The minimum Gasteiger partial charge on any atom is -0.458 e. The predicted octanol–water partition coefficient (Wildman–Crippen LogP) is 18.7. The fourth-order valence-corrected chi connectivity index (χ4v) is 15.4. The third kappa shape index (κ3) is 8.26. The maximum atomic E-state index is 7.29. The van der Waals surface area contributed by atoms with E-state index in [1.165, 1.54) is 21.9 Å². The molecule has 15 aromatic rings. The van der Waals surface area contributed by atoms with Crippen LogP contribution in [-0.4, -0.2) is 13.4 Å². The molecule has 4 aliphatic rings. The van der Waals surface area contributed by atoms with Crippen LogP contribution < -0.4 is 62.0 Å². The first-order chi connectivity index (χ1) is 46.2. The zero-order valence-corrected chi connectivity index (χ0v) is 50.5. The normalized spacial score (nSPS) is 12.9. The van der Waals surface area contributed by atoms with Crippen molar-refractivity contribution in [2.75, 3.05) is 24.5 Å². The van der Waals surface area contributed by atoms with Crippen molar-refractivity contribution in [1.29, 1.82) is 0 Å². The zero-order valence-electron chi connectivity index (χ0n) is 50.5. The molecule has 434 valence electrons. The standard InChI is InChI=1S/C84H55B2N5O2/c1-7-28-56(29-8-1)87(57-30-9-2-10-31-57)62-50-76-82-77(51-62)91(72-46-23-19-40-64(72)66-42-27-43-67-65-41-20-25-48-79(65)93-84(66)67)73-47-24-21-44-68(73)85(82)70-54-71-75(55-74(70)89(76)60-36-15-5-16-37-60)90(61-38-17-6-18-39-61)78-52-63(53-81-83(78)86(71)69-45-22-26-49-80(69)92-81)88(58-32-11-3-12-33-58)59-34-13-4-14-35-59/h1-55H. The lowest BCUT2D eigenvalue weighted by Gasteiger charge is -2.47. The van der Waals surface area contributed by atoms with Crippen LogP contribution in [-0.2, 0) is 0 Å². The van der Waals surface area contributed by atoms with Crippen LogP contribution in [0.5, 0.6) is 11.5 Å². The number of fused-ring (bicyclic) bond motifs is 11. The van der Waals surface area contributed by atoms with E-state index in [-0.39, 0.29) is 13.4 Å². The molecule has 0 saturated carbocycles. The summed E-state index contributed by atoms with van der Waals surface area (Å²) in [6, 6.07) is 121. The van der Waals surface area contributed by atoms with Gasteiger partial charge in [0.25, 0.3) is 13.4 Å². The Morgan fingerprint density at radius 1 is 0.258 bits per heavy atom. The average Bonchev–Trinajstić information content (AvgIpc) is 1.09. The molecule has 0 N–H and O–H groups in total. The fraction of sp³-hybridized carbons (Fsp3) is 0. The Balaban J connectivity index is 0.914. The molecule has 0 saturated heterocycles. The monoisotopic (exact) mass is 1190 g/mol. The van der Waals surface area contributed by atoms with Crippen LogP contribution in [0.1, 0.15) is 0 Å². The summed E-state index contributed by atoms with van der Waals surface area (Å²) in [6.45, 7) is -0.420. The van der Waals surface area contributed by atoms with Crippen LogP contribution in [0.2, 0.25) is 0 Å². The molecule has 4 aliphatic heterocycles. The van der Waals surface area contributed by atoms with Crippen molar-refractivity contribution in [2.45, 2.75) is 0 Å². The minimum absolute atomic E-state index is 0.196. The lowest BCUT2D eigenvalue weighted by Crippen LogP contribution is -2.64. The highest BCUT2D eigenvalue weighted by Gasteiger charge is 2.48. The Kier molecular flexibility index (Phi) is 12.0. The van der Waals surface area contributed by atoms with Crippen molar-refractivity contribution < 1.29 is 9.15 Å². The molecule has 0 aliphatic carbocycles. The van der Waals surface area contributed by atoms with Gasteiger partial charge in [0, 0.05) is 96.2 Å². The quantitative estimate of drug-likeness (QED) is 0.126. The average molecular weight is 1190 g/mol. The lowest BCUT2D eigenvalue weighted by molar-refractivity contribution is 0.487. The smallest absolute Gasteiger partial charge is 0.256 e. The highest BCUT2D eigenvalue weighted by atomic mass is 16.5. The van der Waals surface area contributed by atoms with Gasteiger partial charge in [-0.15, -0.1) is 0 Å². The number of para-hydroxylation sites is 11. The first kappa shape index (κ1) is 52.7. The van der Waals surface area contributed by atoms with E-state index in [1.807, 2.05) is 0 Å². The van der Waals surface area contributed by atoms with Gasteiger partial charge in [-0.3, -0.25) is 0 Å². The van der Waals surface area contributed by atoms with Crippen molar-refractivity contribution in [3.8, 4) is 22.6 Å². The molecule has 93 heavy (non-hydrogen) atoms. The molecule has 0 radical (unpaired) electrons. The SMILES string of the molecule is c1ccc(N(c2ccccc2)c2cc3c4c(c2)N(c2ccccc2)c2cc5c(cc2B4c2ccccc2O3)B2c3ccccc3N(c3ccccc3-c3cccc4c3oc3ccccc34)c3cc(N(c4ccccc4)c4ccccc4)cc(c32)N5c2ccccc2)cc1. The molecular weight excluding hydrogens is 1130 g/mol. The van der Waals surface area contributed by atoms with Crippen LogP contribution in [0.25, 0.3) is 33.1 Å². The van der Waals surface area contributed by atoms with Gasteiger partial charge in [0.05, 0.1) is 17.1 Å². The van der Waals surface area contributed by atoms with Crippen molar-refractivity contribution in [3.63, 3.8) is 0 Å². The third-order valence-electron chi connectivity index (χ3n) is 19.2. The number of anilines is 15. The summed E-state index contributed by atoms with van der Waals surface area (Å²) >= 11 is 0. The summed E-state index contributed by atoms with van der Waals surface area (Å²) in [5.74, 6) is 1.68. The van der Waals surface area contributed by atoms with Crippen LogP contribution in [0.15, 0.2) is 338 Å². The second-order valence-corrected chi connectivity index (χ2v) is 24.3. The first-order valence-electron chi connectivity index (χ1n) is 31.9. The van der Waals surface area contributed by atoms with Gasteiger partial charge >= 0.3 is 0 Å². The Morgan fingerprint density at radius 3 is 1.30 bits per heavy atom. The number of ether oxygens (including phenoxy) is 1. The van der Waals surface area contributed by atoms with Crippen LogP contribution in [0, 0.1) is 0 Å². The minimum atomic E-state index is -0.224. The Morgan fingerprint density at radius 2 is 0.699 bits per heavy atom. The number of benzene rings is 14. The molecule has 1 aromatic heterocycles. The van der Waals surface area contributed by atoms with E-state index in [0.717, 1.165) is 141 Å². The molecule has 7 nitrogen and oxygen atoms in total. The van der Waals surface area contributed by atoms with E-state index in [2.05, 4.69) is 358 Å². The Hall–Kier alpha value is -12.2. The molecule has 0 fully saturated rings. The summed E-state index contributed by atoms with van der Waals surface area (Å²) < 4.78 is 14.2. The van der Waals surface area contributed by atoms with Gasteiger partial charge in [0.2, 0.25) is 0 Å². The Bertz CT molecular complexity index is 5340. The van der Waals surface area contributed by atoms with E-state index in [9.17, 15) is 0 Å². The third-order valence-corrected chi connectivity index (χ3v) is 19.2. The van der Waals surface area contributed by atoms with E-state index in [4.69, 9.17) is 9.15 Å². The van der Waals surface area contributed by atoms with E-state index in [0.29, 0.717) is 0 Å². The van der Waals surface area contributed by atoms with Crippen LogP contribution in [0.3, 0.4) is 0 Å². The highest BCUT2D eigenvalue weighted by Crippen LogP contribution is 2.53. The first-order valence-corrected chi connectivity index (χ1v) is 31.9. The maximum Gasteiger partial charge on any atom is 0.256 e. The largest absolute Gasteiger partial charge is 0.458 e. The molecule has 19 rings (SSSR count). The number of nitrogens with zero attached hydrogens (tertiary/aromatic N) is 5. The maximum absolute atomic E-state index is 7.29. The van der Waals surface area contributed by atoms with Gasteiger partial charge < -0.3 is 33.7 Å². The molecule has 0 unspecified atom stereocenters. The Labute approximate surface area is 540 Å². The molecular formula is C84H55B2N5O2. The number of rotatable bonds is 10. The van der Waals surface area contributed by atoms with Crippen molar-refractivity contribution >= 4 is 153 Å². The van der Waals surface area contributed by atoms with Crippen molar-refractivity contribution in [2.24, 2.45) is 0 Å². The lowest BCUT2D eigenvalue weighted by atomic mass is 9.30. The van der Waals surface area contributed by atoms with E-state index < -0.39 is 0 Å². The molecule has 0 bridgehead atoms. The summed E-state index contributed by atoms with van der Waals surface area (Å²) in [4.78, 5) is 12.4. The van der Waals surface area contributed by atoms with E-state index >= 15 is 0 Å². The second kappa shape index (κ2) is 21.2. The van der Waals surface area contributed by atoms with Crippen molar-refractivity contribution in [3.05, 3.63) is 334 Å². The topological polar surface area (TPSA) is 38.6 Å². The number of furan rings is 1. The second-order valence-electron chi connectivity index (χ2n) is 24.3. The zero-order chi connectivity index (χ0) is 61.1. The summed E-state index contributed by atoms with van der Waals surface area (Å²) in [5.41, 5.74) is 26.8. The summed E-state index contributed by atoms with van der Waals surface area (Å²) in [6.07, 6.45) is 0. The molecule has 5 heterocycles. The van der Waals surface area contributed by atoms with Gasteiger partial charge in [0.15, 0.2) is 0 Å². The molecule has 0 spiro atoms. The highest BCUT2D eigenvalue weighted by molar-refractivity contribution is 7.02. The fourth-order valence-electron chi connectivity index (χ4n) is 15.4. The molecule has 0 amide bonds. The summed E-state index contributed by atoms with van der Waals surface area (Å²) in [7, 11) is 0. The number of hydrogen-bond donors (Lipinski definition) is 0. The molecule has 9 heteroatoms. The number of hydrogen-bond acceptors (Lipinski definition) is 7. The van der Waals surface area contributed by atoms with Crippen molar-refractivity contribution in [1.82, 2.24) is 0 Å². The van der Waals surface area contributed by atoms with Gasteiger partial charge in [0.1, 0.15) is 22.7 Å². The van der Waals surface area contributed by atoms with Crippen LogP contribution in [0.4, 0.5) is 85.3 Å². The summed E-state index contributed by atoms with van der Waals surface area (Å²) in [5, 5.41) is 2.19. The van der Waals surface area contributed by atoms with Gasteiger partial charge in [-0.1, -0.05) is 206 Å². The van der Waals surface area contributed by atoms with Gasteiger partial charge in [-0.05, 0) is 154 Å². The van der Waals surface area contributed by atoms with Crippen LogP contribution >= 0.6 is 0 Å². The van der Waals surface area contributed by atoms with Gasteiger partial charge in [-0.25, -0.2) is 0 Å². The molecule has 0 atom stereocenters. The van der Waals surface area contributed by atoms with Gasteiger partial charge in [-0.2, -0.15) is 0 Å². The predicted molar refractivity (Wildman–Crippen MR) is 388 cm³/mol. The van der Waals surface area contributed by atoms with E-state index in [1.54, 1.807) is 0 Å².